The van der Waals surface area contributed by atoms with Crippen molar-refractivity contribution in [3.8, 4) is 11.1 Å². The molecule has 0 nitrogen and oxygen atoms in total. The molecule has 0 aliphatic rings. The molecule has 0 aliphatic carbocycles. The molecule has 0 bridgehead atoms. The summed E-state index contributed by atoms with van der Waals surface area (Å²) in [7, 11) is 0. The van der Waals surface area contributed by atoms with Gasteiger partial charge in [0.1, 0.15) is 0 Å². The number of hydrogen-bond acceptors (Lipinski definition) is 1. The van der Waals surface area contributed by atoms with Gasteiger partial charge in [0.25, 0.3) is 0 Å². The third-order valence-electron chi connectivity index (χ3n) is 4.95. The van der Waals surface area contributed by atoms with Crippen LogP contribution in [0, 0.1) is 13.8 Å². The van der Waals surface area contributed by atoms with E-state index in [1.807, 2.05) is 11.3 Å². The summed E-state index contributed by atoms with van der Waals surface area (Å²) in [5.74, 6) is 0. The van der Waals surface area contributed by atoms with Crippen LogP contribution in [-0.2, 0) is 0 Å². The van der Waals surface area contributed by atoms with E-state index < -0.39 is 0 Å². The first-order valence-corrected chi connectivity index (χ1v) is 9.44. The van der Waals surface area contributed by atoms with Gasteiger partial charge < -0.3 is 0 Å². The molecular formula is C24H18S. The van der Waals surface area contributed by atoms with Crippen molar-refractivity contribution in [1.29, 1.82) is 0 Å². The van der Waals surface area contributed by atoms with E-state index in [0.717, 1.165) is 0 Å². The summed E-state index contributed by atoms with van der Waals surface area (Å²) in [5, 5.41) is 5.39. The standard InChI is InChI=1S/C24H18S/c1-15-10-11-17-6-5-8-18(20(17)12-15)21-13-16(2)14-23-24(21)19-7-3-4-9-22(19)25-23/h3-14H,1-2H3. The van der Waals surface area contributed by atoms with Crippen molar-refractivity contribution in [3.05, 3.63) is 83.9 Å². The summed E-state index contributed by atoms with van der Waals surface area (Å²) in [6.45, 7) is 4.37. The molecule has 0 saturated heterocycles. The summed E-state index contributed by atoms with van der Waals surface area (Å²) < 4.78 is 2.74. The van der Waals surface area contributed by atoms with Crippen LogP contribution in [0.5, 0.6) is 0 Å². The normalized spacial score (nSPS) is 11.6. The molecule has 0 spiro atoms. The smallest absolute Gasteiger partial charge is 0.0364 e. The highest BCUT2D eigenvalue weighted by atomic mass is 32.1. The summed E-state index contributed by atoms with van der Waals surface area (Å²) in [5.41, 5.74) is 5.31. The van der Waals surface area contributed by atoms with Crippen LogP contribution in [0.25, 0.3) is 42.1 Å². The second kappa shape index (κ2) is 5.44. The van der Waals surface area contributed by atoms with Crippen molar-refractivity contribution in [1.82, 2.24) is 0 Å². The Balaban J connectivity index is 1.98. The molecule has 0 fully saturated rings. The van der Waals surface area contributed by atoms with Gasteiger partial charge in [0, 0.05) is 20.2 Å². The quantitative estimate of drug-likeness (QED) is 0.297. The van der Waals surface area contributed by atoms with Gasteiger partial charge in [0.05, 0.1) is 0 Å². The lowest BCUT2D eigenvalue weighted by molar-refractivity contribution is 1.50. The van der Waals surface area contributed by atoms with E-state index in [9.17, 15) is 0 Å². The Morgan fingerprint density at radius 3 is 2.40 bits per heavy atom. The molecule has 0 amide bonds. The zero-order chi connectivity index (χ0) is 17.0. The Hall–Kier alpha value is -2.64. The Morgan fingerprint density at radius 1 is 0.600 bits per heavy atom. The van der Waals surface area contributed by atoms with Gasteiger partial charge in [0.15, 0.2) is 0 Å². The highest BCUT2D eigenvalue weighted by Gasteiger charge is 2.13. The molecule has 0 saturated carbocycles. The zero-order valence-electron chi connectivity index (χ0n) is 14.3. The van der Waals surface area contributed by atoms with E-state index in [1.165, 1.54) is 53.2 Å². The van der Waals surface area contributed by atoms with Crippen LogP contribution >= 0.6 is 11.3 Å². The Kier molecular flexibility index (Phi) is 3.19. The summed E-state index contributed by atoms with van der Waals surface area (Å²) >= 11 is 1.89. The lowest BCUT2D eigenvalue weighted by atomic mass is 9.93. The second-order valence-electron chi connectivity index (χ2n) is 6.81. The maximum absolute atomic E-state index is 2.35. The van der Waals surface area contributed by atoms with Gasteiger partial charge in [-0.1, -0.05) is 66.2 Å². The van der Waals surface area contributed by atoms with Crippen molar-refractivity contribution in [2.75, 3.05) is 0 Å². The highest BCUT2D eigenvalue weighted by Crippen LogP contribution is 2.42. The number of rotatable bonds is 1. The Labute approximate surface area is 151 Å². The van der Waals surface area contributed by atoms with Gasteiger partial charge in [0.2, 0.25) is 0 Å². The van der Waals surface area contributed by atoms with Gasteiger partial charge >= 0.3 is 0 Å². The van der Waals surface area contributed by atoms with Gasteiger partial charge in [-0.3, -0.25) is 0 Å². The molecule has 5 aromatic rings. The molecule has 25 heavy (non-hydrogen) atoms. The average molecular weight is 338 g/mol. The third kappa shape index (κ3) is 2.27. The van der Waals surface area contributed by atoms with Gasteiger partial charge in [-0.15, -0.1) is 11.3 Å². The molecule has 1 aromatic heterocycles. The number of fused-ring (bicyclic) bond motifs is 4. The van der Waals surface area contributed by atoms with Crippen LogP contribution in [0.3, 0.4) is 0 Å². The van der Waals surface area contributed by atoms with Crippen molar-refractivity contribution in [2.24, 2.45) is 0 Å². The molecular weight excluding hydrogens is 320 g/mol. The van der Waals surface area contributed by atoms with E-state index in [1.54, 1.807) is 0 Å². The van der Waals surface area contributed by atoms with Gasteiger partial charge in [-0.2, -0.15) is 0 Å². The minimum atomic E-state index is 1.30. The number of benzene rings is 4. The van der Waals surface area contributed by atoms with Crippen molar-refractivity contribution < 1.29 is 0 Å². The topological polar surface area (TPSA) is 0 Å². The minimum Gasteiger partial charge on any atom is -0.135 e. The molecule has 5 rings (SSSR count). The number of aryl methyl sites for hydroxylation is 2. The maximum Gasteiger partial charge on any atom is 0.0364 e. The average Bonchev–Trinajstić information content (AvgIpc) is 2.98. The minimum absolute atomic E-state index is 1.30. The molecule has 0 radical (unpaired) electrons. The number of thiophene rings is 1. The monoisotopic (exact) mass is 338 g/mol. The molecule has 0 N–H and O–H groups in total. The molecule has 4 aromatic carbocycles. The maximum atomic E-state index is 2.35. The van der Waals surface area contributed by atoms with E-state index >= 15 is 0 Å². The molecule has 0 unspecified atom stereocenters. The fourth-order valence-electron chi connectivity index (χ4n) is 3.83. The van der Waals surface area contributed by atoms with Crippen molar-refractivity contribution >= 4 is 42.3 Å². The van der Waals surface area contributed by atoms with Crippen LogP contribution in [0.1, 0.15) is 11.1 Å². The van der Waals surface area contributed by atoms with E-state index in [2.05, 4.69) is 86.6 Å². The first-order chi connectivity index (χ1) is 12.2. The van der Waals surface area contributed by atoms with Crippen LogP contribution in [0.15, 0.2) is 72.8 Å². The lowest BCUT2D eigenvalue weighted by Gasteiger charge is -2.11. The molecule has 0 atom stereocenters. The summed E-state index contributed by atoms with van der Waals surface area (Å²) in [6.07, 6.45) is 0. The van der Waals surface area contributed by atoms with E-state index in [4.69, 9.17) is 0 Å². The number of hydrogen-bond donors (Lipinski definition) is 0. The summed E-state index contributed by atoms with van der Waals surface area (Å²) in [4.78, 5) is 0. The van der Waals surface area contributed by atoms with Crippen LogP contribution in [0.4, 0.5) is 0 Å². The van der Waals surface area contributed by atoms with E-state index in [0.29, 0.717) is 0 Å². The predicted octanol–water partition coefficient (Wildman–Crippen LogP) is 7.49. The molecule has 120 valence electrons. The fraction of sp³-hybridized carbons (Fsp3) is 0.0833. The van der Waals surface area contributed by atoms with Crippen molar-refractivity contribution in [3.63, 3.8) is 0 Å². The largest absolute Gasteiger partial charge is 0.135 e. The van der Waals surface area contributed by atoms with Crippen molar-refractivity contribution in [2.45, 2.75) is 13.8 Å². The molecule has 0 aliphatic heterocycles. The Morgan fingerprint density at radius 2 is 1.48 bits per heavy atom. The van der Waals surface area contributed by atoms with Gasteiger partial charge in [-0.05, 0) is 53.4 Å². The van der Waals surface area contributed by atoms with Crippen LogP contribution in [0.2, 0.25) is 0 Å². The van der Waals surface area contributed by atoms with E-state index in [-0.39, 0.29) is 0 Å². The molecule has 1 heteroatoms. The highest BCUT2D eigenvalue weighted by molar-refractivity contribution is 7.25. The first-order valence-electron chi connectivity index (χ1n) is 8.62. The predicted molar refractivity (Wildman–Crippen MR) is 112 cm³/mol. The SMILES string of the molecule is Cc1cc(-c2cccc3ccc(C)cc23)c2c(c1)sc1ccccc12. The molecule has 1 heterocycles. The first kappa shape index (κ1) is 14.7. The van der Waals surface area contributed by atoms with Crippen LogP contribution in [-0.4, -0.2) is 0 Å². The second-order valence-corrected chi connectivity index (χ2v) is 7.90. The fourth-order valence-corrected chi connectivity index (χ4v) is 5.06. The van der Waals surface area contributed by atoms with Crippen LogP contribution < -0.4 is 0 Å². The summed E-state index contributed by atoms with van der Waals surface area (Å²) in [6, 6.07) is 26.8. The zero-order valence-corrected chi connectivity index (χ0v) is 15.2. The lowest BCUT2D eigenvalue weighted by Crippen LogP contribution is -1.85. The van der Waals surface area contributed by atoms with Gasteiger partial charge in [-0.25, -0.2) is 0 Å². The Bertz CT molecular complexity index is 1260. The third-order valence-corrected chi connectivity index (χ3v) is 6.07.